The van der Waals surface area contributed by atoms with Crippen LogP contribution in [-0.4, -0.2) is 43.2 Å². The van der Waals surface area contributed by atoms with Crippen LogP contribution in [0.5, 0.6) is 0 Å². The predicted octanol–water partition coefficient (Wildman–Crippen LogP) is 3.90. The first-order valence-corrected chi connectivity index (χ1v) is 11.7. The van der Waals surface area contributed by atoms with Crippen LogP contribution in [0.1, 0.15) is 25.3 Å². The van der Waals surface area contributed by atoms with E-state index in [1.165, 1.54) is 4.31 Å². The Morgan fingerprint density at radius 2 is 1.82 bits per heavy atom. The Hall–Kier alpha value is -1.70. The number of rotatable bonds is 6. The van der Waals surface area contributed by atoms with E-state index in [1.807, 2.05) is 42.2 Å². The summed E-state index contributed by atoms with van der Waals surface area (Å²) >= 11 is 3.33. The Bertz CT molecular complexity index is 901. The van der Waals surface area contributed by atoms with Crippen LogP contribution in [0.25, 0.3) is 0 Å². The van der Waals surface area contributed by atoms with E-state index < -0.39 is 10.0 Å². The Labute approximate surface area is 175 Å². The molecular weight excluding hydrogens is 440 g/mol. The topological polar surface area (TPSA) is 57.7 Å². The molecule has 1 amide bonds. The molecule has 1 fully saturated rings. The van der Waals surface area contributed by atoms with Gasteiger partial charge in [-0.05, 0) is 49.6 Å². The van der Waals surface area contributed by atoms with Crippen molar-refractivity contribution in [3.63, 3.8) is 0 Å². The van der Waals surface area contributed by atoms with Crippen molar-refractivity contribution in [3.05, 3.63) is 64.6 Å². The van der Waals surface area contributed by atoms with E-state index in [-0.39, 0.29) is 23.3 Å². The van der Waals surface area contributed by atoms with E-state index >= 15 is 0 Å². The van der Waals surface area contributed by atoms with Gasteiger partial charge in [0.1, 0.15) is 0 Å². The number of halogens is 1. The number of carbonyl (C=O) groups excluding carboxylic acids is 1. The zero-order chi connectivity index (χ0) is 20.1. The van der Waals surface area contributed by atoms with E-state index in [4.69, 9.17) is 0 Å². The van der Waals surface area contributed by atoms with E-state index in [2.05, 4.69) is 15.9 Å². The Balaban J connectivity index is 1.72. The van der Waals surface area contributed by atoms with Crippen LogP contribution in [-0.2, 0) is 21.4 Å². The van der Waals surface area contributed by atoms with Gasteiger partial charge in [0.25, 0.3) is 0 Å². The minimum absolute atomic E-state index is 0.0297. The summed E-state index contributed by atoms with van der Waals surface area (Å²) in [5.41, 5.74) is 1.08. The minimum atomic E-state index is -3.59. The molecule has 150 valence electrons. The molecule has 1 atom stereocenters. The first-order valence-electron chi connectivity index (χ1n) is 9.50. The average molecular weight is 465 g/mol. The number of benzene rings is 2. The molecule has 0 bridgehead atoms. The summed E-state index contributed by atoms with van der Waals surface area (Å²) < 4.78 is 28.3. The quantitative estimate of drug-likeness (QED) is 0.651. The molecule has 2 aromatic rings. The van der Waals surface area contributed by atoms with E-state index in [0.29, 0.717) is 26.1 Å². The number of amides is 1. The highest BCUT2D eigenvalue weighted by molar-refractivity contribution is 9.10. The zero-order valence-corrected chi connectivity index (χ0v) is 18.3. The lowest BCUT2D eigenvalue weighted by Gasteiger charge is -2.34. The molecule has 1 aliphatic rings. The molecule has 2 aromatic carbocycles. The van der Waals surface area contributed by atoms with E-state index in [0.717, 1.165) is 16.5 Å². The summed E-state index contributed by atoms with van der Waals surface area (Å²) in [6, 6.07) is 16.5. The van der Waals surface area contributed by atoms with Crippen LogP contribution in [0, 0.1) is 5.92 Å². The predicted molar refractivity (Wildman–Crippen MR) is 113 cm³/mol. The molecule has 0 aromatic heterocycles. The van der Waals surface area contributed by atoms with Crippen molar-refractivity contribution >= 4 is 31.9 Å². The van der Waals surface area contributed by atoms with Crippen LogP contribution < -0.4 is 0 Å². The molecule has 5 nitrogen and oxygen atoms in total. The maximum Gasteiger partial charge on any atom is 0.243 e. The lowest BCUT2D eigenvalue weighted by atomic mass is 9.98. The van der Waals surface area contributed by atoms with Gasteiger partial charge in [-0.3, -0.25) is 4.79 Å². The summed E-state index contributed by atoms with van der Waals surface area (Å²) in [5.74, 6) is -0.273. The Morgan fingerprint density at radius 1 is 1.14 bits per heavy atom. The Kier molecular flexibility index (Phi) is 6.91. The van der Waals surface area contributed by atoms with Crippen molar-refractivity contribution in [3.8, 4) is 0 Å². The second-order valence-electron chi connectivity index (χ2n) is 6.99. The molecule has 0 radical (unpaired) electrons. The smallest absolute Gasteiger partial charge is 0.243 e. The summed E-state index contributed by atoms with van der Waals surface area (Å²) in [5, 5.41) is 0. The van der Waals surface area contributed by atoms with Crippen molar-refractivity contribution in [2.75, 3.05) is 19.6 Å². The van der Waals surface area contributed by atoms with Gasteiger partial charge in [0.05, 0.1) is 10.8 Å². The summed E-state index contributed by atoms with van der Waals surface area (Å²) in [4.78, 5) is 15.2. The SMILES string of the molecule is CCN(Cc1ccccc1)C(=O)C1CCCN(S(=O)(=O)c2ccc(Br)cc2)C1. The first-order chi connectivity index (χ1) is 13.4. The molecule has 3 rings (SSSR count). The first kappa shape index (κ1) is 21.0. The minimum Gasteiger partial charge on any atom is -0.338 e. The third kappa shape index (κ3) is 4.82. The monoisotopic (exact) mass is 464 g/mol. The highest BCUT2D eigenvalue weighted by atomic mass is 79.9. The number of sulfonamides is 1. The zero-order valence-electron chi connectivity index (χ0n) is 15.9. The summed E-state index contributed by atoms with van der Waals surface area (Å²) in [7, 11) is -3.59. The number of nitrogens with zero attached hydrogens (tertiary/aromatic N) is 2. The lowest BCUT2D eigenvalue weighted by molar-refractivity contribution is -0.137. The van der Waals surface area contributed by atoms with Gasteiger partial charge < -0.3 is 4.90 Å². The van der Waals surface area contributed by atoms with Crippen LogP contribution in [0.4, 0.5) is 0 Å². The van der Waals surface area contributed by atoms with Crippen LogP contribution in [0.15, 0.2) is 64.0 Å². The standard InChI is InChI=1S/C21H25BrN2O3S/c1-2-23(15-17-7-4-3-5-8-17)21(25)18-9-6-14-24(16-18)28(26,27)20-12-10-19(22)11-13-20/h3-5,7-8,10-13,18H,2,6,9,14-16H2,1H3. The third-order valence-corrected chi connectivity index (χ3v) is 7.50. The molecule has 1 heterocycles. The molecule has 7 heteroatoms. The lowest BCUT2D eigenvalue weighted by Crippen LogP contribution is -2.46. The van der Waals surface area contributed by atoms with Gasteiger partial charge in [0, 0.05) is 30.7 Å². The fourth-order valence-electron chi connectivity index (χ4n) is 3.53. The fraction of sp³-hybridized carbons (Fsp3) is 0.381. The molecule has 0 N–H and O–H groups in total. The fourth-order valence-corrected chi connectivity index (χ4v) is 5.31. The van der Waals surface area contributed by atoms with Crippen molar-refractivity contribution in [1.82, 2.24) is 9.21 Å². The largest absolute Gasteiger partial charge is 0.338 e. The van der Waals surface area contributed by atoms with E-state index in [1.54, 1.807) is 24.3 Å². The van der Waals surface area contributed by atoms with Gasteiger partial charge in [-0.1, -0.05) is 46.3 Å². The van der Waals surface area contributed by atoms with E-state index in [9.17, 15) is 13.2 Å². The molecule has 0 saturated carbocycles. The molecule has 1 saturated heterocycles. The van der Waals surface area contributed by atoms with Crippen LogP contribution >= 0.6 is 15.9 Å². The van der Waals surface area contributed by atoms with Crippen LogP contribution in [0.3, 0.4) is 0 Å². The molecule has 0 aliphatic carbocycles. The second kappa shape index (κ2) is 9.20. The van der Waals surface area contributed by atoms with Crippen LogP contribution in [0.2, 0.25) is 0 Å². The molecule has 1 unspecified atom stereocenters. The normalized spacial score (nSPS) is 18.0. The maximum atomic E-state index is 13.1. The highest BCUT2D eigenvalue weighted by Gasteiger charge is 2.34. The molecule has 1 aliphatic heterocycles. The van der Waals surface area contributed by atoms with Gasteiger partial charge in [-0.2, -0.15) is 4.31 Å². The summed E-state index contributed by atoms with van der Waals surface area (Å²) in [6.07, 6.45) is 1.41. The molecule has 0 spiro atoms. The molecule has 28 heavy (non-hydrogen) atoms. The van der Waals surface area contributed by atoms with Gasteiger partial charge in [0.15, 0.2) is 0 Å². The van der Waals surface area contributed by atoms with Crippen molar-refractivity contribution in [2.45, 2.75) is 31.2 Å². The van der Waals surface area contributed by atoms with Crippen molar-refractivity contribution in [1.29, 1.82) is 0 Å². The average Bonchev–Trinajstić information content (AvgIpc) is 2.72. The number of hydrogen-bond acceptors (Lipinski definition) is 3. The van der Waals surface area contributed by atoms with Crippen molar-refractivity contribution < 1.29 is 13.2 Å². The Morgan fingerprint density at radius 3 is 2.46 bits per heavy atom. The van der Waals surface area contributed by atoms with Crippen molar-refractivity contribution in [2.24, 2.45) is 5.92 Å². The number of carbonyl (C=O) groups is 1. The summed E-state index contributed by atoms with van der Waals surface area (Å²) in [6.45, 7) is 3.80. The number of piperidine rings is 1. The third-order valence-electron chi connectivity index (χ3n) is 5.09. The highest BCUT2D eigenvalue weighted by Crippen LogP contribution is 2.26. The van der Waals surface area contributed by atoms with Gasteiger partial charge in [-0.15, -0.1) is 0 Å². The molecular formula is C21H25BrN2O3S. The number of hydrogen-bond donors (Lipinski definition) is 0. The van der Waals surface area contributed by atoms with Gasteiger partial charge in [-0.25, -0.2) is 8.42 Å². The van der Waals surface area contributed by atoms with Gasteiger partial charge in [0.2, 0.25) is 15.9 Å². The van der Waals surface area contributed by atoms with Gasteiger partial charge >= 0.3 is 0 Å². The second-order valence-corrected chi connectivity index (χ2v) is 9.85. The maximum absolute atomic E-state index is 13.1.